The maximum atomic E-state index is 12.0. The second-order valence-corrected chi connectivity index (χ2v) is 6.01. The van der Waals surface area contributed by atoms with Gasteiger partial charge in [0.15, 0.2) is 0 Å². The number of nitrogens with zero attached hydrogens (tertiary/aromatic N) is 4. The second-order valence-electron chi connectivity index (χ2n) is 6.01. The van der Waals surface area contributed by atoms with Crippen molar-refractivity contribution in [3.63, 3.8) is 0 Å². The molecule has 0 radical (unpaired) electrons. The minimum absolute atomic E-state index is 0.147. The van der Waals surface area contributed by atoms with Gasteiger partial charge in [-0.3, -0.25) is 9.36 Å². The minimum atomic E-state index is -0.362. The molecule has 0 spiro atoms. The van der Waals surface area contributed by atoms with Gasteiger partial charge in [-0.1, -0.05) is 0 Å². The van der Waals surface area contributed by atoms with E-state index in [0.29, 0.717) is 36.8 Å². The largest absolute Gasteiger partial charge is 0.459 e. The van der Waals surface area contributed by atoms with Crippen LogP contribution in [-0.2, 0) is 23.6 Å². The Hall–Kier alpha value is -2.64. The molecule has 1 aliphatic carbocycles. The van der Waals surface area contributed by atoms with Crippen LogP contribution in [0.1, 0.15) is 46.4 Å². The van der Waals surface area contributed by atoms with Gasteiger partial charge < -0.3 is 9.47 Å². The van der Waals surface area contributed by atoms with Gasteiger partial charge in [0.1, 0.15) is 12.2 Å². The van der Waals surface area contributed by atoms with Gasteiger partial charge in [-0.25, -0.2) is 9.59 Å². The van der Waals surface area contributed by atoms with E-state index in [-0.39, 0.29) is 24.1 Å². The zero-order chi connectivity index (χ0) is 17.1. The molecular formula is C16H20N4O4. The molecule has 0 bridgehead atoms. The van der Waals surface area contributed by atoms with Gasteiger partial charge in [0.2, 0.25) is 0 Å². The maximum Gasteiger partial charge on any atom is 0.341 e. The number of rotatable bonds is 4. The van der Waals surface area contributed by atoms with Gasteiger partial charge in [0.25, 0.3) is 0 Å². The van der Waals surface area contributed by atoms with Gasteiger partial charge in [0, 0.05) is 26.5 Å². The van der Waals surface area contributed by atoms with Crippen LogP contribution < -0.4 is 0 Å². The summed E-state index contributed by atoms with van der Waals surface area (Å²) in [4.78, 5) is 24.0. The highest BCUT2D eigenvalue weighted by Crippen LogP contribution is 2.25. The third-order valence-corrected chi connectivity index (χ3v) is 4.05. The van der Waals surface area contributed by atoms with Crippen LogP contribution in [0.3, 0.4) is 0 Å². The Morgan fingerprint density at radius 3 is 1.54 bits per heavy atom. The first-order valence-corrected chi connectivity index (χ1v) is 7.90. The molecule has 2 aromatic heterocycles. The quantitative estimate of drug-likeness (QED) is 0.788. The van der Waals surface area contributed by atoms with Crippen LogP contribution in [0.25, 0.3) is 0 Å². The fourth-order valence-corrected chi connectivity index (χ4v) is 2.76. The van der Waals surface area contributed by atoms with Crippen LogP contribution in [0.2, 0.25) is 0 Å². The highest BCUT2D eigenvalue weighted by molar-refractivity contribution is 5.89. The van der Waals surface area contributed by atoms with E-state index in [4.69, 9.17) is 9.47 Å². The molecule has 0 aromatic carbocycles. The molecule has 1 saturated carbocycles. The fraction of sp³-hybridized carbons (Fsp3) is 0.500. The lowest BCUT2D eigenvalue weighted by molar-refractivity contribution is -0.0108. The summed E-state index contributed by atoms with van der Waals surface area (Å²) in [5.74, 6) is -0.724. The molecule has 0 amide bonds. The smallest absolute Gasteiger partial charge is 0.341 e. The first kappa shape index (κ1) is 16.2. The van der Waals surface area contributed by atoms with Crippen LogP contribution in [0.15, 0.2) is 24.8 Å². The zero-order valence-corrected chi connectivity index (χ0v) is 13.7. The number of esters is 2. The van der Waals surface area contributed by atoms with E-state index in [2.05, 4.69) is 10.2 Å². The monoisotopic (exact) mass is 332 g/mol. The standard InChI is InChI=1S/C16H20N4O4/c1-19-9-11(7-17-19)15(21)23-13-3-5-14(6-4-13)24-16(22)12-8-18-20(2)10-12/h7-10,13-14H,3-6H2,1-2H3. The third kappa shape index (κ3) is 3.81. The molecule has 1 aliphatic rings. The van der Waals surface area contributed by atoms with Crippen LogP contribution in [-0.4, -0.2) is 43.7 Å². The number of hydrogen-bond donors (Lipinski definition) is 0. The average molecular weight is 332 g/mol. The lowest BCUT2D eigenvalue weighted by Gasteiger charge is -2.27. The highest BCUT2D eigenvalue weighted by Gasteiger charge is 2.27. The molecule has 128 valence electrons. The van der Waals surface area contributed by atoms with E-state index in [9.17, 15) is 9.59 Å². The molecule has 8 heteroatoms. The first-order chi connectivity index (χ1) is 11.5. The number of ether oxygens (including phenoxy) is 2. The molecule has 0 N–H and O–H groups in total. The summed E-state index contributed by atoms with van der Waals surface area (Å²) < 4.78 is 14.1. The lowest BCUT2D eigenvalue weighted by atomic mass is 9.95. The Morgan fingerprint density at radius 1 is 0.875 bits per heavy atom. The van der Waals surface area contributed by atoms with E-state index < -0.39 is 0 Å². The molecule has 3 rings (SSSR count). The minimum Gasteiger partial charge on any atom is -0.459 e. The van der Waals surface area contributed by atoms with Crippen molar-refractivity contribution in [1.82, 2.24) is 19.6 Å². The van der Waals surface area contributed by atoms with Crippen molar-refractivity contribution in [1.29, 1.82) is 0 Å². The van der Waals surface area contributed by atoms with Gasteiger partial charge in [-0.05, 0) is 25.7 Å². The fourth-order valence-electron chi connectivity index (χ4n) is 2.76. The Morgan fingerprint density at radius 2 is 1.25 bits per heavy atom. The summed E-state index contributed by atoms with van der Waals surface area (Å²) in [5, 5.41) is 7.92. The third-order valence-electron chi connectivity index (χ3n) is 4.05. The van der Waals surface area contributed by atoms with Crippen molar-refractivity contribution >= 4 is 11.9 Å². The predicted octanol–water partition coefficient (Wildman–Crippen LogP) is 1.48. The van der Waals surface area contributed by atoms with Crippen molar-refractivity contribution in [2.75, 3.05) is 0 Å². The molecule has 2 aromatic rings. The summed E-state index contributed by atoms with van der Waals surface area (Å²) >= 11 is 0. The average Bonchev–Trinajstić information content (AvgIpc) is 3.18. The Balaban J connectivity index is 1.45. The van der Waals surface area contributed by atoms with Crippen LogP contribution >= 0.6 is 0 Å². The van der Waals surface area contributed by atoms with Gasteiger partial charge >= 0.3 is 11.9 Å². The number of carbonyl (C=O) groups is 2. The Bertz CT molecular complexity index is 666. The second kappa shape index (κ2) is 6.86. The molecule has 24 heavy (non-hydrogen) atoms. The number of aryl methyl sites for hydroxylation is 2. The predicted molar refractivity (Wildman–Crippen MR) is 83.3 cm³/mol. The van der Waals surface area contributed by atoms with Crippen molar-refractivity contribution in [3.05, 3.63) is 35.9 Å². The van der Waals surface area contributed by atoms with Crippen molar-refractivity contribution in [2.45, 2.75) is 37.9 Å². The van der Waals surface area contributed by atoms with E-state index in [1.165, 1.54) is 12.4 Å². The molecule has 0 atom stereocenters. The van der Waals surface area contributed by atoms with Crippen molar-refractivity contribution in [3.8, 4) is 0 Å². The molecule has 0 unspecified atom stereocenters. The highest BCUT2D eigenvalue weighted by atomic mass is 16.6. The number of carbonyl (C=O) groups excluding carboxylic acids is 2. The molecule has 2 heterocycles. The molecule has 0 saturated heterocycles. The topological polar surface area (TPSA) is 88.2 Å². The number of aromatic nitrogens is 4. The van der Waals surface area contributed by atoms with Crippen molar-refractivity contribution in [2.24, 2.45) is 14.1 Å². The molecule has 0 aliphatic heterocycles. The normalized spacial score (nSPS) is 20.6. The zero-order valence-electron chi connectivity index (χ0n) is 13.7. The summed E-state index contributed by atoms with van der Waals surface area (Å²) in [6.45, 7) is 0. The molecular weight excluding hydrogens is 312 g/mol. The lowest BCUT2D eigenvalue weighted by Crippen LogP contribution is -2.29. The summed E-state index contributed by atoms with van der Waals surface area (Å²) in [6.07, 6.45) is 8.65. The van der Waals surface area contributed by atoms with Crippen molar-refractivity contribution < 1.29 is 19.1 Å². The van der Waals surface area contributed by atoms with Crippen LogP contribution in [0.4, 0.5) is 0 Å². The molecule has 8 nitrogen and oxygen atoms in total. The van der Waals surface area contributed by atoms with Gasteiger partial charge in [-0.2, -0.15) is 10.2 Å². The SMILES string of the molecule is Cn1cc(C(=O)OC2CCC(OC(=O)c3cnn(C)c3)CC2)cn1. The Kier molecular flexibility index (Phi) is 4.64. The summed E-state index contributed by atoms with van der Waals surface area (Å²) in [7, 11) is 3.50. The summed E-state index contributed by atoms with van der Waals surface area (Å²) in [5.41, 5.74) is 0.894. The maximum absolute atomic E-state index is 12.0. The number of hydrogen-bond acceptors (Lipinski definition) is 6. The van der Waals surface area contributed by atoms with E-state index in [1.807, 2.05) is 0 Å². The van der Waals surface area contributed by atoms with Gasteiger partial charge in [-0.15, -0.1) is 0 Å². The first-order valence-electron chi connectivity index (χ1n) is 7.90. The van der Waals surface area contributed by atoms with Gasteiger partial charge in [0.05, 0.1) is 23.5 Å². The van der Waals surface area contributed by atoms with E-state index in [0.717, 1.165) is 0 Å². The van der Waals surface area contributed by atoms with E-state index in [1.54, 1.807) is 35.9 Å². The van der Waals surface area contributed by atoms with E-state index >= 15 is 0 Å². The Labute approximate surface area is 139 Å². The summed E-state index contributed by atoms with van der Waals surface area (Å²) in [6, 6.07) is 0. The van der Waals surface area contributed by atoms with Crippen LogP contribution in [0, 0.1) is 0 Å². The molecule has 1 fully saturated rings. The van der Waals surface area contributed by atoms with Crippen LogP contribution in [0.5, 0.6) is 0 Å².